The Balaban J connectivity index is 1.58. The summed E-state index contributed by atoms with van der Waals surface area (Å²) in [6.45, 7) is 0. The summed E-state index contributed by atoms with van der Waals surface area (Å²) in [4.78, 5) is 0. The van der Waals surface area contributed by atoms with Gasteiger partial charge in [0, 0.05) is 0 Å². The van der Waals surface area contributed by atoms with E-state index in [-0.39, 0.29) is 18.3 Å². The summed E-state index contributed by atoms with van der Waals surface area (Å²) in [7, 11) is 0. The number of rotatable bonds is 0. The summed E-state index contributed by atoms with van der Waals surface area (Å²) >= 11 is 0. The van der Waals surface area contributed by atoms with Crippen LogP contribution in [0, 0.1) is 59.2 Å². The number of hydrogen-bond acceptors (Lipinski definition) is 3. The largest absolute Gasteiger partial charge is 0.393 e. The standard InChI is InChI=1S/C16H22O3/c17-7-1-4-5-2-8(18)14-12(5)16-11(4)10(7)6-3-9(19)15(14)13(6)16/h4-19H,1-3H2/t4-,5+,6+,7-,8+,9+,10-,11+,12-,13-,14-,15-,16+/m1/s1. The van der Waals surface area contributed by atoms with E-state index in [2.05, 4.69) is 0 Å². The van der Waals surface area contributed by atoms with Gasteiger partial charge < -0.3 is 15.3 Å². The van der Waals surface area contributed by atoms with Gasteiger partial charge in [-0.05, 0) is 78.4 Å². The fourth-order valence-corrected chi connectivity index (χ4v) is 8.73. The van der Waals surface area contributed by atoms with Crippen molar-refractivity contribution in [2.75, 3.05) is 0 Å². The molecular weight excluding hydrogens is 240 g/mol. The van der Waals surface area contributed by atoms with Crippen molar-refractivity contribution in [1.29, 1.82) is 0 Å². The summed E-state index contributed by atoms with van der Waals surface area (Å²) in [5, 5.41) is 31.5. The van der Waals surface area contributed by atoms with Crippen LogP contribution in [0.2, 0.25) is 0 Å². The Bertz CT molecular complexity index is 465. The van der Waals surface area contributed by atoms with Gasteiger partial charge in [0.15, 0.2) is 0 Å². The highest BCUT2D eigenvalue weighted by Crippen LogP contribution is 2.79. The smallest absolute Gasteiger partial charge is 0.0577 e. The molecule has 0 spiro atoms. The van der Waals surface area contributed by atoms with Crippen LogP contribution in [-0.4, -0.2) is 33.6 Å². The normalized spacial score (nSPS) is 78.2. The van der Waals surface area contributed by atoms with Gasteiger partial charge in [-0.15, -0.1) is 0 Å². The van der Waals surface area contributed by atoms with E-state index < -0.39 is 0 Å². The SMILES string of the molecule is O[C@@H]1C[C@@H]2[C@@H]3C[C@H](O)[C@@H]4[C@@H]3[C@@H]3[C@@H]2[C@@H]1[C@@H]1C[C@H](O)[C@@H]4[C@@H]13. The van der Waals surface area contributed by atoms with E-state index in [1.807, 2.05) is 0 Å². The molecule has 0 aromatic rings. The van der Waals surface area contributed by atoms with Crippen LogP contribution in [0.1, 0.15) is 19.3 Å². The Kier molecular flexibility index (Phi) is 1.62. The van der Waals surface area contributed by atoms with Crippen molar-refractivity contribution < 1.29 is 15.3 Å². The third kappa shape index (κ3) is 0.873. The summed E-state index contributed by atoms with van der Waals surface area (Å²) in [5.74, 6) is 5.97. The second-order valence-electron chi connectivity index (χ2n) is 8.44. The third-order valence-corrected chi connectivity index (χ3v) is 8.51. The number of hydrogen-bond donors (Lipinski definition) is 3. The summed E-state index contributed by atoms with van der Waals surface area (Å²) in [5.41, 5.74) is 0. The maximum absolute atomic E-state index is 10.5. The maximum Gasteiger partial charge on any atom is 0.0577 e. The highest BCUT2D eigenvalue weighted by Gasteiger charge is 2.78. The quantitative estimate of drug-likeness (QED) is 0.595. The van der Waals surface area contributed by atoms with Crippen molar-refractivity contribution in [2.45, 2.75) is 37.6 Å². The molecule has 0 heterocycles. The fourth-order valence-electron chi connectivity index (χ4n) is 8.73. The van der Waals surface area contributed by atoms with Gasteiger partial charge in [-0.3, -0.25) is 0 Å². The minimum atomic E-state index is -0.203. The van der Waals surface area contributed by atoms with Crippen molar-refractivity contribution in [3.63, 3.8) is 0 Å². The van der Waals surface area contributed by atoms with Gasteiger partial charge in [0.25, 0.3) is 0 Å². The topological polar surface area (TPSA) is 60.7 Å². The number of aliphatic hydroxyl groups is 3. The zero-order valence-corrected chi connectivity index (χ0v) is 11.0. The lowest BCUT2D eigenvalue weighted by Crippen LogP contribution is -2.30. The summed E-state index contributed by atoms with van der Waals surface area (Å²) in [6.07, 6.45) is 2.34. The van der Waals surface area contributed by atoms with E-state index in [0.29, 0.717) is 47.3 Å². The van der Waals surface area contributed by atoms with Gasteiger partial charge in [0.05, 0.1) is 18.3 Å². The first-order valence-electron chi connectivity index (χ1n) is 8.22. The second-order valence-corrected chi connectivity index (χ2v) is 8.44. The Morgan fingerprint density at radius 3 is 1.47 bits per heavy atom. The molecule has 0 unspecified atom stereocenters. The molecular formula is C16H22O3. The van der Waals surface area contributed by atoms with E-state index in [0.717, 1.165) is 31.1 Å². The van der Waals surface area contributed by atoms with E-state index in [4.69, 9.17) is 0 Å². The fraction of sp³-hybridized carbons (Fsp3) is 1.00. The average Bonchev–Trinajstić information content (AvgIpc) is 3.05. The van der Waals surface area contributed by atoms with Crippen LogP contribution in [0.5, 0.6) is 0 Å². The minimum absolute atomic E-state index is 0.117. The van der Waals surface area contributed by atoms with Gasteiger partial charge in [-0.1, -0.05) is 0 Å². The van der Waals surface area contributed by atoms with Crippen molar-refractivity contribution in [3.8, 4) is 0 Å². The molecule has 0 aromatic carbocycles. The molecule has 0 saturated heterocycles. The third-order valence-electron chi connectivity index (χ3n) is 8.51. The van der Waals surface area contributed by atoms with Crippen LogP contribution in [0.4, 0.5) is 0 Å². The van der Waals surface area contributed by atoms with Crippen molar-refractivity contribution in [2.24, 2.45) is 59.2 Å². The van der Waals surface area contributed by atoms with Gasteiger partial charge in [-0.25, -0.2) is 0 Å². The predicted octanol–water partition coefficient (Wildman–Crippen LogP) is 0.483. The van der Waals surface area contributed by atoms with Gasteiger partial charge in [-0.2, -0.15) is 0 Å². The second kappa shape index (κ2) is 2.90. The molecule has 6 saturated carbocycles. The average molecular weight is 262 g/mol. The Labute approximate surface area is 113 Å². The Morgan fingerprint density at radius 2 is 0.842 bits per heavy atom. The Morgan fingerprint density at radius 1 is 0.421 bits per heavy atom. The lowest BCUT2D eigenvalue weighted by atomic mass is 9.83. The molecule has 0 radical (unpaired) electrons. The highest BCUT2D eigenvalue weighted by atomic mass is 16.3. The minimum Gasteiger partial charge on any atom is -0.393 e. The molecule has 13 atom stereocenters. The molecule has 0 aliphatic heterocycles. The number of aliphatic hydroxyl groups excluding tert-OH is 3. The highest BCUT2D eigenvalue weighted by molar-refractivity contribution is 5.26. The molecule has 3 N–H and O–H groups in total. The van der Waals surface area contributed by atoms with Gasteiger partial charge >= 0.3 is 0 Å². The van der Waals surface area contributed by atoms with Gasteiger partial charge in [0.1, 0.15) is 0 Å². The van der Waals surface area contributed by atoms with Gasteiger partial charge in [0.2, 0.25) is 0 Å². The Hall–Kier alpha value is -0.120. The molecule has 0 amide bonds. The first kappa shape index (κ1) is 10.6. The monoisotopic (exact) mass is 262 g/mol. The molecule has 6 aliphatic rings. The molecule has 19 heavy (non-hydrogen) atoms. The van der Waals surface area contributed by atoms with E-state index in [1.165, 1.54) is 0 Å². The van der Waals surface area contributed by atoms with Crippen LogP contribution in [0.25, 0.3) is 0 Å². The molecule has 3 nitrogen and oxygen atoms in total. The summed E-state index contributed by atoms with van der Waals surface area (Å²) in [6, 6.07) is 0. The van der Waals surface area contributed by atoms with Crippen LogP contribution >= 0.6 is 0 Å². The first-order valence-corrected chi connectivity index (χ1v) is 8.22. The van der Waals surface area contributed by atoms with Crippen LogP contribution in [-0.2, 0) is 0 Å². The molecule has 6 aliphatic carbocycles. The van der Waals surface area contributed by atoms with Crippen LogP contribution in [0.3, 0.4) is 0 Å². The predicted molar refractivity (Wildman–Crippen MR) is 66.8 cm³/mol. The van der Waals surface area contributed by atoms with Crippen molar-refractivity contribution in [1.82, 2.24) is 0 Å². The maximum atomic E-state index is 10.5. The van der Waals surface area contributed by atoms with E-state index in [1.54, 1.807) is 0 Å². The lowest BCUT2D eigenvalue weighted by molar-refractivity contribution is 0.0366. The van der Waals surface area contributed by atoms with E-state index in [9.17, 15) is 15.3 Å². The van der Waals surface area contributed by atoms with Crippen LogP contribution in [0.15, 0.2) is 0 Å². The van der Waals surface area contributed by atoms with Crippen molar-refractivity contribution in [3.05, 3.63) is 0 Å². The molecule has 6 fully saturated rings. The lowest BCUT2D eigenvalue weighted by Gasteiger charge is -2.25. The molecule has 104 valence electrons. The number of fused-ring (bicyclic) bond motifs is 3. The van der Waals surface area contributed by atoms with Crippen molar-refractivity contribution >= 4 is 0 Å². The van der Waals surface area contributed by atoms with E-state index >= 15 is 0 Å². The molecule has 3 heteroatoms. The zero-order valence-electron chi connectivity index (χ0n) is 11.0. The molecule has 0 bridgehead atoms. The first-order chi connectivity index (χ1) is 9.18. The van der Waals surface area contributed by atoms with Crippen LogP contribution < -0.4 is 0 Å². The summed E-state index contributed by atoms with van der Waals surface area (Å²) < 4.78 is 0. The molecule has 0 aromatic heterocycles. The molecule has 6 rings (SSSR count). The zero-order chi connectivity index (χ0) is 12.6.